The molecule has 6 nitrogen and oxygen atoms in total. The van der Waals surface area contributed by atoms with Crippen LogP contribution in [-0.2, 0) is 18.4 Å². The van der Waals surface area contributed by atoms with Gasteiger partial charge in [-0.15, -0.1) is 0 Å². The molecule has 21 heavy (non-hydrogen) atoms. The largest absolute Gasteiger partial charge is 0.444 e. The first-order valence-electron chi connectivity index (χ1n) is 7.13. The Hall–Kier alpha value is -2.11. The van der Waals surface area contributed by atoms with E-state index < -0.39 is 0 Å². The summed E-state index contributed by atoms with van der Waals surface area (Å²) >= 11 is 0. The molecule has 0 aliphatic carbocycles. The third-order valence-corrected chi connectivity index (χ3v) is 3.21. The Labute approximate surface area is 125 Å². The van der Waals surface area contributed by atoms with E-state index in [1.807, 2.05) is 13.8 Å². The highest BCUT2D eigenvalue weighted by Crippen LogP contribution is 2.25. The first-order valence-corrected chi connectivity index (χ1v) is 7.13. The Morgan fingerprint density at radius 3 is 2.57 bits per heavy atom. The second-order valence-corrected chi connectivity index (χ2v) is 6.08. The zero-order valence-corrected chi connectivity index (χ0v) is 13.3. The fraction of sp³-hybridized carbons (Fsp3) is 0.533. The van der Waals surface area contributed by atoms with Gasteiger partial charge >= 0.3 is 0 Å². The van der Waals surface area contributed by atoms with Crippen LogP contribution in [0.2, 0.25) is 0 Å². The number of hydrogen-bond acceptors (Lipinski definition) is 6. The van der Waals surface area contributed by atoms with Crippen molar-refractivity contribution in [3.8, 4) is 0 Å². The van der Waals surface area contributed by atoms with E-state index >= 15 is 0 Å². The lowest BCUT2D eigenvalue weighted by molar-refractivity contribution is 0.465. The van der Waals surface area contributed by atoms with Crippen molar-refractivity contribution >= 4 is 11.6 Å². The number of nitrogens with zero attached hydrogens (tertiary/aromatic N) is 3. The van der Waals surface area contributed by atoms with E-state index in [4.69, 9.17) is 10.2 Å². The minimum Gasteiger partial charge on any atom is -0.444 e. The molecule has 2 rings (SSSR count). The number of aryl methyl sites for hydroxylation is 1. The lowest BCUT2D eigenvalue weighted by Crippen LogP contribution is -2.19. The van der Waals surface area contributed by atoms with Crippen molar-refractivity contribution in [2.24, 2.45) is 0 Å². The minimum atomic E-state index is -0.156. The van der Waals surface area contributed by atoms with Gasteiger partial charge in [-0.05, 0) is 6.92 Å². The zero-order chi connectivity index (χ0) is 15.6. The molecule has 0 spiro atoms. The van der Waals surface area contributed by atoms with Crippen molar-refractivity contribution in [3.05, 3.63) is 29.2 Å². The minimum absolute atomic E-state index is 0.156. The van der Waals surface area contributed by atoms with Crippen LogP contribution in [0.4, 0.5) is 11.6 Å². The van der Waals surface area contributed by atoms with Crippen molar-refractivity contribution in [1.82, 2.24) is 15.0 Å². The number of nitrogens with two attached hydrogens (primary N) is 1. The summed E-state index contributed by atoms with van der Waals surface area (Å²) in [6.45, 7) is 10.6. The van der Waals surface area contributed by atoms with E-state index in [2.05, 4.69) is 41.0 Å². The lowest BCUT2D eigenvalue weighted by Gasteiger charge is -2.19. The van der Waals surface area contributed by atoms with E-state index in [0.717, 1.165) is 29.4 Å². The van der Waals surface area contributed by atoms with Gasteiger partial charge in [-0.2, -0.15) is 0 Å². The van der Waals surface area contributed by atoms with E-state index in [9.17, 15) is 0 Å². The molecule has 0 aliphatic heterocycles. The number of hydrogen-bond donors (Lipinski definition) is 2. The standard InChI is InChI=1S/C15H23N5O/c1-6-10-7-17-11(21-10)8-18-13-9(2)12(16)19-14(20-13)15(3,4)5/h7H,6,8H2,1-5H3,(H3,16,18,19,20). The van der Waals surface area contributed by atoms with Gasteiger partial charge in [0.15, 0.2) is 0 Å². The molecule has 6 heteroatoms. The van der Waals surface area contributed by atoms with Crippen LogP contribution in [0.25, 0.3) is 0 Å². The van der Waals surface area contributed by atoms with E-state index in [1.165, 1.54) is 0 Å². The van der Waals surface area contributed by atoms with Gasteiger partial charge in [0.05, 0.1) is 12.7 Å². The monoisotopic (exact) mass is 289 g/mol. The topological polar surface area (TPSA) is 89.9 Å². The molecule has 0 amide bonds. The number of aromatic nitrogens is 3. The van der Waals surface area contributed by atoms with Crippen molar-refractivity contribution in [3.63, 3.8) is 0 Å². The van der Waals surface area contributed by atoms with Crippen LogP contribution in [0.15, 0.2) is 10.6 Å². The molecule has 0 aliphatic rings. The van der Waals surface area contributed by atoms with Crippen molar-refractivity contribution in [2.45, 2.75) is 53.0 Å². The molecule has 2 aromatic rings. The van der Waals surface area contributed by atoms with Crippen LogP contribution in [0, 0.1) is 6.92 Å². The van der Waals surface area contributed by atoms with Crippen molar-refractivity contribution in [1.29, 1.82) is 0 Å². The van der Waals surface area contributed by atoms with Gasteiger partial charge in [-0.25, -0.2) is 15.0 Å². The molecule has 0 saturated heterocycles. The number of rotatable bonds is 4. The maximum atomic E-state index is 5.98. The maximum absolute atomic E-state index is 5.98. The summed E-state index contributed by atoms with van der Waals surface area (Å²) in [5.74, 6) is 3.46. The molecule has 0 unspecified atom stereocenters. The molecule has 3 N–H and O–H groups in total. The molecule has 0 aromatic carbocycles. The average Bonchev–Trinajstić information content (AvgIpc) is 2.87. The van der Waals surface area contributed by atoms with Gasteiger partial charge in [0.25, 0.3) is 0 Å². The highest BCUT2D eigenvalue weighted by molar-refractivity contribution is 5.55. The maximum Gasteiger partial charge on any atom is 0.213 e. The lowest BCUT2D eigenvalue weighted by atomic mass is 9.95. The zero-order valence-electron chi connectivity index (χ0n) is 13.3. The molecule has 2 heterocycles. The second-order valence-electron chi connectivity index (χ2n) is 6.08. The predicted octanol–water partition coefficient (Wildman–Crippen LogP) is 2.83. The fourth-order valence-corrected chi connectivity index (χ4v) is 1.79. The van der Waals surface area contributed by atoms with Gasteiger partial charge in [0.2, 0.25) is 5.89 Å². The van der Waals surface area contributed by atoms with E-state index in [0.29, 0.717) is 18.3 Å². The van der Waals surface area contributed by atoms with Crippen molar-refractivity contribution in [2.75, 3.05) is 11.1 Å². The van der Waals surface area contributed by atoms with Gasteiger partial charge in [-0.1, -0.05) is 27.7 Å². The van der Waals surface area contributed by atoms with Gasteiger partial charge in [0.1, 0.15) is 23.2 Å². The van der Waals surface area contributed by atoms with Gasteiger partial charge in [-0.3, -0.25) is 0 Å². The summed E-state index contributed by atoms with van der Waals surface area (Å²) in [6.07, 6.45) is 2.58. The number of oxazole rings is 1. The van der Waals surface area contributed by atoms with Gasteiger partial charge in [0, 0.05) is 17.4 Å². The predicted molar refractivity (Wildman–Crippen MR) is 83.1 cm³/mol. The summed E-state index contributed by atoms with van der Waals surface area (Å²) in [4.78, 5) is 13.2. The number of anilines is 2. The molecule has 0 atom stereocenters. The van der Waals surface area contributed by atoms with Crippen LogP contribution in [0.5, 0.6) is 0 Å². The average molecular weight is 289 g/mol. The van der Waals surface area contributed by atoms with Crippen LogP contribution in [-0.4, -0.2) is 15.0 Å². The van der Waals surface area contributed by atoms with Gasteiger partial charge < -0.3 is 15.5 Å². The number of nitrogens with one attached hydrogen (secondary N) is 1. The molecule has 0 bridgehead atoms. The van der Waals surface area contributed by atoms with Crippen LogP contribution in [0.3, 0.4) is 0 Å². The summed E-state index contributed by atoms with van der Waals surface area (Å²) in [7, 11) is 0. The van der Waals surface area contributed by atoms with E-state index in [1.54, 1.807) is 6.20 Å². The smallest absolute Gasteiger partial charge is 0.213 e. The summed E-state index contributed by atoms with van der Waals surface area (Å²) in [5.41, 5.74) is 6.66. The first-order chi connectivity index (χ1) is 9.81. The SMILES string of the molecule is CCc1cnc(CNc2nc(C(C)(C)C)nc(N)c2C)o1. The molecular weight excluding hydrogens is 266 g/mol. The Bertz CT molecular complexity index is 627. The molecule has 0 fully saturated rings. The van der Waals surface area contributed by atoms with Crippen LogP contribution in [0.1, 0.15) is 50.7 Å². The molecule has 2 aromatic heterocycles. The van der Waals surface area contributed by atoms with Crippen LogP contribution < -0.4 is 11.1 Å². The number of nitrogen functional groups attached to an aromatic ring is 1. The highest BCUT2D eigenvalue weighted by Gasteiger charge is 2.20. The summed E-state index contributed by atoms with van der Waals surface area (Å²) in [5, 5.41) is 3.23. The fourth-order valence-electron chi connectivity index (χ4n) is 1.79. The molecule has 114 valence electrons. The normalized spacial score (nSPS) is 11.7. The molecule has 0 radical (unpaired) electrons. The third-order valence-electron chi connectivity index (χ3n) is 3.21. The summed E-state index contributed by atoms with van der Waals surface area (Å²) < 4.78 is 5.57. The Morgan fingerprint density at radius 1 is 1.29 bits per heavy atom. The first kappa shape index (κ1) is 15.3. The summed E-state index contributed by atoms with van der Waals surface area (Å²) in [6, 6.07) is 0. The van der Waals surface area contributed by atoms with Crippen LogP contribution >= 0.6 is 0 Å². The molecular formula is C15H23N5O. The Kier molecular flexibility index (Phi) is 4.16. The quantitative estimate of drug-likeness (QED) is 0.899. The van der Waals surface area contributed by atoms with Crippen molar-refractivity contribution < 1.29 is 4.42 Å². The Balaban J connectivity index is 2.21. The highest BCUT2D eigenvalue weighted by atomic mass is 16.4. The Morgan fingerprint density at radius 2 is 2.00 bits per heavy atom. The molecule has 0 saturated carbocycles. The third kappa shape index (κ3) is 3.51. The van der Waals surface area contributed by atoms with E-state index in [-0.39, 0.29) is 5.41 Å². The second kappa shape index (κ2) is 5.71.